The summed E-state index contributed by atoms with van der Waals surface area (Å²) in [5.74, 6) is 0.682. The molecule has 1 aromatic rings. The summed E-state index contributed by atoms with van der Waals surface area (Å²) >= 11 is 0. The highest BCUT2D eigenvalue weighted by Gasteiger charge is 2.59. The van der Waals surface area contributed by atoms with Crippen molar-refractivity contribution >= 4 is 0 Å². The molecule has 25 heavy (non-hydrogen) atoms. The predicted molar refractivity (Wildman–Crippen MR) is 99.5 cm³/mol. The Morgan fingerprint density at radius 2 is 2.00 bits per heavy atom. The molecule has 4 rings (SSSR count). The zero-order valence-electron chi connectivity index (χ0n) is 15.8. The third-order valence-corrected chi connectivity index (χ3v) is 6.53. The summed E-state index contributed by atoms with van der Waals surface area (Å²) < 4.78 is 12.0. The van der Waals surface area contributed by atoms with Gasteiger partial charge in [-0.1, -0.05) is 44.2 Å². The molecule has 1 N–H and O–H groups in total. The summed E-state index contributed by atoms with van der Waals surface area (Å²) in [7, 11) is 0. The lowest BCUT2D eigenvalue weighted by atomic mass is 9.57. The summed E-state index contributed by atoms with van der Waals surface area (Å²) in [5, 5.41) is 3.90. The maximum absolute atomic E-state index is 6.12. The molecule has 1 aromatic carbocycles. The van der Waals surface area contributed by atoms with Crippen molar-refractivity contribution in [2.75, 3.05) is 26.3 Å². The van der Waals surface area contributed by atoms with Crippen molar-refractivity contribution in [3.8, 4) is 0 Å². The SMILES string of the molecule is CC(NC1C2CCOC2C1(C)C)C1CN(Cc2ccccc2)CCO1. The first-order chi connectivity index (χ1) is 12.1. The average molecular weight is 344 g/mol. The van der Waals surface area contributed by atoms with Gasteiger partial charge in [0.1, 0.15) is 0 Å². The van der Waals surface area contributed by atoms with Gasteiger partial charge in [-0.05, 0) is 18.9 Å². The fourth-order valence-electron chi connectivity index (χ4n) is 5.07. The maximum Gasteiger partial charge on any atom is 0.0852 e. The van der Waals surface area contributed by atoms with Gasteiger partial charge in [-0.2, -0.15) is 0 Å². The van der Waals surface area contributed by atoms with Crippen LogP contribution in [-0.4, -0.2) is 55.5 Å². The van der Waals surface area contributed by atoms with E-state index in [-0.39, 0.29) is 11.5 Å². The van der Waals surface area contributed by atoms with Gasteiger partial charge < -0.3 is 14.8 Å². The molecule has 0 amide bonds. The first kappa shape index (κ1) is 17.5. The molecule has 4 nitrogen and oxygen atoms in total. The molecular weight excluding hydrogens is 312 g/mol. The van der Waals surface area contributed by atoms with E-state index in [0.29, 0.717) is 24.1 Å². The average Bonchev–Trinajstić information content (AvgIpc) is 3.08. The van der Waals surface area contributed by atoms with Crippen LogP contribution in [0.3, 0.4) is 0 Å². The van der Waals surface area contributed by atoms with Crippen molar-refractivity contribution in [2.24, 2.45) is 11.3 Å². The second kappa shape index (κ2) is 6.99. The van der Waals surface area contributed by atoms with Gasteiger partial charge in [-0.25, -0.2) is 0 Å². The molecule has 2 heterocycles. The molecule has 1 saturated carbocycles. The minimum Gasteiger partial charge on any atom is -0.377 e. The molecule has 5 unspecified atom stereocenters. The van der Waals surface area contributed by atoms with Gasteiger partial charge in [0, 0.05) is 49.7 Å². The van der Waals surface area contributed by atoms with Crippen LogP contribution in [0.25, 0.3) is 0 Å². The number of nitrogens with zero attached hydrogens (tertiary/aromatic N) is 1. The zero-order chi connectivity index (χ0) is 17.4. The summed E-state index contributed by atoms with van der Waals surface area (Å²) in [6.45, 7) is 11.8. The molecule has 5 atom stereocenters. The Balaban J connectivity index is 1.33. The fraction of sp³-hybridized carbons (Fsp3) is 0.714. The lowest BCUT2D eigenvalue weighted by molar-refractivity contribution is -0.124. The summed E-state index contributed by atoms with van der Waals surface area (Å²) in [6.07, 6.45) is 1.90. The smallest absolute Gasteiger partial charge is 0.0852 e. The van der Waals surface area contributed by atoms with E-state index in [1.807, 2.05) is 0 Å². The highest BCUT2D eigenvalue weighted by atomic mass is 16.5. The van der Waals surface area contributed by atoms with Crippen LogP contribution in [0.15, 0.2) is 30.3 Å². The lowest BCUT2D eigenvalue weighted by Crippen LogP contribution is -2.68. The number of rotatable bonds is 5. The van der Waals surface area contributed by atoms with Gasteiger partial charge >= 0.3 is 0 Å². The van der Waals surface area contributed by atoms with Crippen molar-refractivity contribution in [1.29, 1.82) is 0 Å². The van der Waals surface area contributed by atoms with E-state index in [0.717, 1.165) is 32.8 Å². The minimum absolute atomic E-state index is 0.230. The molecule has 0 bridgehead atoms. The van der Waals surface area contributed by atoms with Crippen LogP contribution in [0.4, 0.5) is 0 Å². The van der Waals surface area contributed by atoms with Crippen molar-refractivity contribution < 1.29 is 9.47 Å². The Bertz CT molecular complexity index is 577. The van der Waals surface area contributed by atoms with Gasteiger partial charge in [0.2, 0.25) is 0 Å². The first-order valence-corrected chi connectivity index (χ1v) is 9.81. The van der Waals surface area contributed by atoms with E-state index in [1.165, 1.54) is 12.0 Å². The van der Waals surface area contributed by atoms with E-state index in [2.05, 4.69) is 61.3 Å². The molecule has 0 aromatic heterocycles. The summed E-state index contributed by atoms with van der Waals surface area (Å²) in [5.41, 5.74) is 1.61. The third kappa shape index (κ3) is 3.37. The van der Waals surface area contributed by atoms with Crippen LogP contribution in [0, 0.1) is 11.3 Å². The van der Waals surface area contributed by atoms with Gasteiger partial charge in [0.05, 0.1) is 18.8 Å². The molecule has 0 radical (unpaired) electrons. The molecule has 4 heteroatoms. The van der Waals surface area contributed by atoms with Crippen LogP contribution < -0.4 is 5.32 Å². The maximum atomic E-state index is 6.12. The molecule has 3 fully saturated rings. The molecule has 2 saturated heterocycles. The first-order valence-electron chi connectivity index (χ1n) is 9.81. The van der Waals surface area contributed by atoms with E-state index in [9.17, 15) is 0 Å². The number of ether oxygens (including phenoxy) is 2. The summed E-state index contributed by atoms with van der Waals surface area (Å²) in [6, 6.07) is 11.7. The zero-order valence-corrected chi connectivity index (χ0v) is 15.8. The summed E-state index contributed by atoms with van der Waals surface area (Å²) in [4.78, 5) is 2.52. The molecule has 0 spiro atoms. The molecule has 138 valence electrons. The number of hydrogen-bond acceptors (Lipinski definition) is 4. The van der Waals surface area contributed by atoms with Crippen LogP contribution in [0.5, 0.6) is 0 Å². The number of benzene rings is 1. The van der Waals surface area contributed by atoms with Crippen molar-refractivity contribution in [3.05, 3.63) is 35.9 Å². The van der Waals surface area contributed by atoms with E-state index < -0.39 is 0 Å². The minimum atomic E-state index is 0.230. The van der Waals surface area contributed by atoms with E-state index in [4.69, 9.17) is 9.47 Å². The van der Waals surface area contributed by atoms with Gasteiger partial charge in [-0.15, -0.1) is 0 Å². The highest BCUT2D eigenvalue weighted by molar-refractivity contribution is 5.15. The quantitative estimate of drug-likeness (QED) is 0.890. The molecular formula is C21H32N2O2. The third-order valence-electron chi connectivity index (χ3n) is 6.53. The normalized spacial score (nSPS) is 35.8. The van der Waals surface area contributed by atoms with Gasteiger partial charge in [0.25, 0.3) is 0 Å². The Morgan fingerprint density at radius 3 is 2.80 bits per heavy atom. The van der Waals surface area contributed by atoms with Crippen LogP contribution >= 0.6 is 0 Å². The Morgan fingerprint density at radius 1 is 1.20 bits per heavy atom. The fourth-order valence-corrected chi connectivity index (χ4v) is 5.07. The second-order valence-corrected chi connectivity index (χ2v) is 8.63. The molecule has 2 aliphatic heterocycles. The molecule has 3 aliphatic rings. The van der Waals surface area contributed by atoms with Crippen LogP contribution in [-0.2, 0) is 16.0 Å². The topological polar surface area (TPSA) is 33.7 Å². The number of hydrogen-bond donors (Lipinski definition) is 1. The molecule has 1 aliphatic carbocycles. The number of fused-ring (bicyclic) bond motifs is 1. The lowest BCUT2D eigenvalue weighted by Gasteiger charge is -2.56. The second-order valence-electron chi connectivity index (χ2n) is 8.63. The van der Waals surface area contributed by atoms with E-state index >= 15 is 0 Å². The Kier molecular flexibility index (Phi) is 4.89. The van der Waals surface area contributed by atoms with E-state index in [1.54, 1.807) is 0 Å². The van der Waals surface area contributed by atoms with Crippen molar-refractivity contribution in [2.45, 2.75) is 58.0 Å². The Hall–Kier alpha value is -0.940. The standard InChI is InChI=1S/C21H32N2O2/c1-15(22-19-17-9-11-25-20(17)21(19,2)3)18-14-23(10-12-24-18)13-16-7-5-4-6-8-16/h4-8,15,17-20,22H,9-14H2,1-3H3. The van der Waals surface area contributed by atoms with Crippen LogP contribution in [0.1, 0.15) is 32.8 Å². The number of nitrogens with one attached hydrogen (secondary N) is 1. The van der Waals surface area contributed by atoms with Crippen molar-refractivity contribution in [3.63, 3.8) is 0 Å². The van der Waals surface area contributed by atoms with Gasteiger partial charge in [-0.3, -0.25) is 4.90 Å². The predicted octanol–water partition coefficient (Wildman–Crippen LogP) is 2.68. The monoisotopic (exact) mass is 344 g/mol. The van der Waals surface area contributed by atoms with Crippen molar-refractivity contribution in [1.82, 2.24) is 10.2 Å². The van der Waals surface area contributed by atoms with Crippen LogP contribution in [0.2, 0.25) is 0 Å². The Labute approximate surface area is 151 Å². The van der Waals surface area contributed by atoms with Gasteiger partial charge in [0.15, 0.2) is 0 Å². The number of morpholine rings is 1. The largest absolute Gasteiger partial charge is 0.377 e. The highest BCUT2D eigenvalue weighted by Crippen LogP contribution is 2.52.